The molecule has 1 N–H and O–H groups in total. The average molecular weight is 416 g/mol. The minimum atomic E-state index is -0.173. The number of hydrogen-bond acceptors (Lipinski definition) is 2. The molecule has 0 aliphatic rings. The summed E-state index contributed by atoms with van der Waals surface area (Å²) in [5.41, 5.74) is 1.73. The SMILES string of the molecule is CN(C)CCN(Cc1cccc2ccccc12)C(=O)Nc1ccc(Cl)c(Cl)c1. The van der Waals surface area contributed by atoms with Gasteiger partial charge in [-0.1, -0.05) is 65.7 Å². The van der Waals surface area contributed by atoms with Gasteiger partial charge in [-0.15, -0.1) is 0 Å². The van der Waals surface area contributed by atoms with Crippen LogP contribution in [0.25, 0.3) is 10.8 Å². The highest BCUT2D eigenvalue weighted by molar-refractivity contribution is 6.42. The Morgan fingerprint density at radius 3 is 2.43 bits per heavy atom. The van der Waals surface area contributed by atoms with Crippen molar-refractivity contribution in [1.82, 2.24) is 9.80 Å². The first-order valence-electron chi connectivity index (χ1n) is 9.06. The number of halogens is 2. The Bertz CT molecular complexity index is 970. The highest BCUT2D eigenvalue weighted by atomic mass is 35.5. The van der Waals surface area contributed by atoms with E-state index in [1.807, 2.05) is 37.2 Å². The summed E-state index contributed by atoms with van der Waals surface area (Å²) in [5, 5.41) is 6.12. The molecule has 0 spiro atoms. The number of urea groups is 1. The fraction of sp³-hybridized carbons (Fsp3) is 0.227. The number of nitrogens with zero attached hydrogens (tertiary/aromatic N) is 2. The van der Waals surface area contributed by atoms with Crippen LogP contribution in [0.4, 0.5) is 10.5 Å². The van der Waals surface area contributed by atoms with Gasteiger partial charge in [0.05, 0.1) is 10.0 Å². The molecule has 0 heterocycles. The third-order valence-electron chi connectivity index (χ3n) is 4.52. The largest absolute Gasteiger partial charge is 0.322 e. The third-order valence-corrected chi connectivity index (χ3v) is 5.26. The van der Waals surface area contributed by atoms with Crippen molar-refractivity contribution < 1.29 is 4.79 Å². The van der Waals surface area contributed by atoms with Crippen LogP contribution in [0.15, 0.2) is 60.7 Å². The average Bonchev–Trinajstić information content (AvgIpc) is 2.68. The summed E-state index contributed by atoms with van der Waals surface area (Å²) >= 11 is 12.0. The predicted octanol–water partition coefficient (Wildman–Crippen LogP) is 5.74. The molecule has 4 nitrogen and oxygen atoms in total. The summed E-state index contributed by atoms with van der Waals surface area (Å²) in [4.78, 5) is 16.8. The fourth-order valence-electron chi connectivity index (χ4n) is 2.99. The van der Waals surface area contributed by atoms with Crippen LogP contribution in [-0.2, 0) is 6.54 Å². The van der Waals surface area contributed by atoms with Crippen LogP contribution in [0, 0.1) is 0 Å². The number of fused-ring (bicyclic) bond motifs is 1. The smallest absolute Gasteiger partial charge is 0.319 e. The number of amides is 2. The van der Waals surface area contributed by atoms with E-state index in [9.17, 15) is 4.79 Å². The van der Waals surface area contributed by atoms with Crippen molar-refractivity contribution in [3.8, 4) is 0 Å². The fourth-order valence-corrected chi connectivity index (χ4v) is 3.28. The zero-order valence-electron chi connectivity index (χ0n) is 16.0. The highest BCUT2D eigenvalue weighted by Crippen LogP contribution is 2.25. The number of benzene rings is 3. The van der Waals surface area contributed by atoms with Crippen molar-refractivity contribution in [1.29, 1.82) is 0 Å². The van der Waals surface area contributed by atoms with Gasteiger partial charge in [-0.3, -0.25) is 0 Å². The maximum Gasteiger partial charge on any atom is 0.322 e. The van der Waals surface area contributed by atoms with E-state index in [2.05, 4.69) is 34.5 Å². The Labute approximate surface area is 175 Å². The first kappa shape index (κ1) is 20.5. The van der Waals surface area contributed by atoms with Gasteiger partial charge in [0, 0.05) is 25.3 Å². The number of likely N-dealkylation sites (N-methyl/N-ethyl adjacent to an activating group) is 1. The second-order valence-corrected chi connectivity index (χ2v) is 7.74. The molecule has 146 valence electrons. The van der Waals surface area contributed by atoms with Crippen molar-refractivity contribution in [2.24, 2.45) is 0 Å². The second kappa shape index (κ2) is 9.28. The van der Waals surface area contributed by atoms with Crippen molar-refractivity contribution in [2.45, 2.75) is 6.54 Å². The molecular formula is C22H23Cl2N3O. The van der Waals surface area contributed by atoms with Gasteiger partial charge in [0.15, 0.2) is 0 Å². The molecular weight excluding hydrogens is 393 g/mol. The molecule has 0 saturated heterocycles. The molecule has 6 heteroatoms. The van der Waals surface area contributed by atoms with Gasteiger partial charge in [0.25, 0.3) is 0 Å². The Morgan fingerprint density at radius 1 is 0.929 bits per heavy atom. The minimum Gasteiger partial charge on any atom is -0.319 e. The lowest BCUT2D eigenvalue weighted by Gasteiger charge is -2.25. The molecule has 0 radical (unpaired) electrons. The van der Waals surface area contributed by atoms with E-state index in [1.54, 1.807) is 18.2 Å². The molecule has 0 saturated carbocycles. The molecule has 0 aromatic heterocycles. The lowest BCUT2D eigenvalue weighted by Crippen LogP contribution is -2.39. The Morgan fingerprint density at radius 2 is 1.68 bits per heavy atom. The number of carbonyl (C=O) groups is 1. The summed E-state index contributed by atoms with van der Waals surface area (Å²) in [6.07, 6.45) is 0. The normalized spacial score (nSPS) is 11.0. The summed E-state index contributed by atoms with van der Waals surface area (Å²) in [6, 6.07) is 19.3. The van der Waals surface area contributed by atoms with Gasteiger partial charge < -0.3 is 15.1 Å². The lowest BCUT2D eigenvalue weighted by molar-refractivity contribution is 0.202. The minimum absolute atomic E-state index is 0.173. The molecule has 0 unspecified atom stereocenters. The van der Waals surface area contributed by atoms with Crippen LogP contribution < -0.4 is 5.32 Å². The van der Waals surface area contributed by atoms with Gasteiger partial charge in [0.2, 0.25) is 0 Å². The van der Waals surface area contributed by atoms with Crippen LogP contribution in [-0.4, -0.2) is 43.0 Å². The van der Waals surface area contributed by atoms with E-state index >= 15 is 0 Å². The van der Waals surface area contributed by atoms with Gasteiger partial charge in [-0.25, -0.2) is 4.79 Å². The van der Waals surface area contributed by atoms with Gasteiger partial charge in [0.1, 0.15) is 0 Å². The summed E-state index contributed by atoms with van der Waals surface area (Å²) in [5.74, 6) is 0. The summed E-state index contributed by atoms with van der Waals surface area (Å²) in [7, 11) is 3.99. The van der Waals surface area contributed by atoms with E-state index in [0.29, 0.717) is 28.8 Å². The highest BCUT2D eigenvalue weighted by Gasteiger charge is 2.16. The van der Waals surface area contributed by atoms with Gasteiger partial charge in [-0.05, 0) is 48.6 Å². The van der Waals surface area contributed by atoms with Crippen molar-refractivity contribution in [2.75, 3.05) is 32.5 Å². The third kappa shape index (κ3) is 5.16. The Hall–Kier alpha value is -2.27. The number of hydrogen-bond donors (Lipinski definition) is 1. The molecule has 28 heavy (non-hydrogen) atoms. The van der Waals surface area contributed by atoms with E-state index in [1.165, 1.54) is 0 Å². The summed E-state index contributed by atoms with van der Waals surface area (Å²) < 4.78 is 0. The molecule has 3 rings (SSSR count). The predicted molar refractivity (Wildman–Crippen MR) is 118 cm³/mol. The second-order valence-electron chi connectivity index (χ2n) is 6.92. The molecule has 0 aliphatic heterocycles. The summed E-state index contributed by atoms with van der Waals surface area (Å²) in [6.45, 7) is 1.88. The number of anilines is 1. The van der Waals surface area contributed by atoms with Crippen molar-refractivity contribution in [3.05, 3.63) is 76.3 Å². The number of rotatable bonds is 6. The molecule has 2 amide bonds. The standard InChI is InChI=1S/C22H23Cl2N3O/c1-26(2)12-13-27(22(28)25-18-10-11-20(23)21(24)14-18)15-17-8-5-7-16-6-3-4-9-19(16)17/h3-11,14H,12-13,15H2,1-2H3,(H,25,28). The maximum absolute atomic E-state index is 13.0. The zero-order chi connectivity index (χ0) is 20.1. The van der Waals surface area contributed by atoms with Gasteiger partial charge >= 0.3 is 6.03 Å². The maximum atomic E-state index is 13.0. The molecule has 0 aliphatic carbocycles. The molecule has 3 aromatic carbocycles. The van der Waals surface area contributed by atoms with Gasteiger partial charge in [-0.2, -0.15) is 0 Å². The van der Waals surface area contributed by atoms with Crippen LogP contribution >= 0.6 is 23.2 Å². The molecule has 3 aromatic rings. The monoisotopic (exact) mass is 415 g/mol. The van der Waals surface area contributed by atoms with E-state index in [0.717, 1.165) is 22.9 Å². The topological polar surface area (TPSA) is 35.6 Å². The number of carbonyl (C=O) groups excluding carboxylic acids is 1. The first-order chi connectivity index (χ1) is 13.4. The zero-order valence-corrected chi connectivity index (χ0v) is 17.5. The number of nitrogens with one attached hydrogen (secondary N) is 1. The van der Waals surface area contributed by atoms with Crippen molar-refractivity contribution >= 4 is 45.7 Å². The Balaban J connectivity index is 1.83. The van der Waals surface area contributed by atoms with E-state index < -0.39 is 0 Å². The Kier molecular flexibility index (Phi) is 6.79. The first-order valence-corrected chi connectivity index (χ1v) is 9.82. The quantitative estimate of drug-likeness (QED) is 0.556. The van der Waals surface area contributed by atoms with Crippen LogP contribution in [0.5, 0.6) is 0 Å². The van der Waals surface area contributed by atoms with Crippen LogP contribution in [0.2, 0.25) is 10.0 Å². The molecule has 0 atom stereocenters. The van der Waals surface area contributed by atoms with Crippen molar-refractivity contribution in [3.63, 3.8) is 0 Å². The molecule has 0 bridgehead atoms. The van der Waals surface area contributed by atoms with Crippen LogP contribution in [0.1, 0.15) is 5.56 Å². The van der Waals surface area contributed by atoms with E-state index in [4.69, 9.17) is 23.2 Å². The molecule has 0 fully saturated rings. The van der Waals surface area contributed by atoms with Crippen LogP contribution in [0.3, 0.4) is 0 Å². The van der Waals surface area contributed by atoms with E-state index in [-0.39, 0.29) is 6.03 Å². The lowest BCUT2D eigenvalue weighted by atomic mass is 10.0.